The average molecular weight is 342 g/mol. The number of fused-ring (bicyclic) bond motifs is 1. The Balaban J connectivity index is 1.69. The van der Waals surface area contributed by atoms with Crippen LogP contribution in [0.1, 0.15) is 5.56 Å². The molecule has 0 saturated heterocycles. The molecule has 0 spiro atoms. The van der Waals surface area contributed by atoms with Gasteiger partial charge in [0.2, 0.25) is 0 Å². The highest BCUT2D eigenvalue weighted by atomic mass is 16.5. The highest BCUT2D eigenvalue weighted by Crippen LogP contribution is 2.24. The van der Waals surface area contributed by atoms with Crippen LogP contribution in [0.4, 0.5) is 0 Å². The van der Waals surface area contributed by atoms with E-state index in [1.165, 1.54) is 0 Å². The van der Waals surface area contributed by atoms with Gasteiger partial charge in [-0.2, -0.15) is 0 Å². The van der Waals surface area contributed by atoms with Crippen LogP contribution in [0.15, 0.2) is 83.9 Å². The van der Waals surface area contributed by atoms with Gasteiger partial charge in [-0.3, -0.25) is 9.36 Å². The molecule has 0 unspecified atom stereocenters. The fraction of sp³-hybridized carbons (Fsp3) is 0.0909. The lowest BCUT2D eigenvalue weighted by Crippen LogP contribution is -2.21. The molecule has 0 atom stereocenters. The van der Waals surface area contributed by atoms with Crippen LogP contribution < -0.4 is 10.3 Å². The van der Waals surface area contributed by atoms with Crippen LogP contribution >= 0.6 is 0 Å². The maximum atomic E-state index is 12.7. The molecule has 0 aliphatic rings. The molecule has 0 N–H and O–H groups in total. The van der Waals surface area contributed by atoms with E-state index < -0.39 is 0 Å². The van der Waals surface area contributed by atoms with Crippen LogP contribution in [0.5, 0.6) is 5.75 Å². The summed E-state index contributed by atoms with van der Waals surface area (Å²) in [6.07, 6.45) is 1.61. The Morgan fingerprint density at radius 1 is 0.923 bits per heavy atom. The molecule has 26 heavy (non-hydrogen) atoms. The Morgan fingerprint density at radius 3 is 2.54 bits per heavy atom. The van der Waals surface area contributed by atoms with Crippen LogP contribution in [0.3, 0.4) is 0 Å². The summed E-state index contributed by atoms with van der Waals surface area (Å²) < 4.78 is 6.95. The van der Waals surface area contributed by atoms with E-state index in [1.807, 2.05) is 60.7 Å². The molecule has 0 radical (unpaired) electrons. The van der Waals surface area contributed by atoms with E-state index in [-0.39, 0.29) is 5.56 Å². The number of nitrogens with zero attached hydrogens (tertiary/aromatic N) is 2. The van der Waals surface area contributed by atoms with Gasteiger partial charge in [0, 0.05) is 0 Å². The Kier molecular flexibility index (Phi) is 4.23. The zero-order valence-corrected chi connectivity index (χ0v) is 14.4. The van der Waals surface area contributed by atoms with E-state index in [9.17, 15) is 4.79 Å². The minimum Gasteiger partial charge on any atom is -0.497 e. The summed E-state index contributed by atoms with van der Waals surface area (Å²) in [5.41, 5.74) is 3.91. The molecular formula is C22H18N2O2. The fourth-order valence-electron chi connectivity index (χ4n) is 3.07. The van der Waals surface area contributed by atoms with E-state index in [0.717, 1.165) is 28.0 Å². The highest BCUT2D eigenvalue weighted by molar-refractivity contribution is 5.76. The normalized spacial score (nSPS) is 10.8. The quantitative estimate of drug-likeness (QED) is 0.560. The number of aromatic nitrogens is 2. The number of ether oxygens (including phenoxy) is 1. The average Bonchev–Trinajstić information content (AvgIpc) is 2.70. The molecule has 0 bridgehead atoms. The molecule has 0 aliphatic carbocycles. The summed E-state index contributed by atoms with van der Waals surface area (Å²) in [6.45, 7) is 0.481. The van der Waals surface area contributed by atoms with Gasteiger partial charge in [0.25, 0.3) is 5.56 Å². The molecule has 4 aromatic rings. The molecule has 0 fully saturated rings. The lowest BCUT2D eigenvalue weighted by molar-refractivity contribution is 0.415. The van der Waals surface area contributed by atoms with Gasteiger partial charge >= 0.3 is 0 Å². The van der Waals surface area contributed by atoms with Crippen molar-refractivity contribution < 1.29 is 4.74 Å². The molecule has 3 aromatic carbocycles. The van der Waals surface area contributed by atoms with Gasteiger partial charge in [-0.15, -0.1) is 0 Å². The zero-order valence-electron chi connectivity index (χ0n) is 14.4. The zero-order chi connectivity index (χ0) is 17.9. The molecule has 4 heteroatoms. The smallest absolute Gasteiger partial charge is 0.261 e. The molecule has 128 valence electrons. The lowest BCUT2D eigenvalue weighted by atomic mass is 10.0. The van der Waals surface area contributed by atoms with E-state index in [4.69, 9.17) is 4.74 Å². The summed E-state index contributed by atoms with van der Waals surface area (Å²) in [6, 6.07) is 23.5. The first-order valence-electron chi connectivity index (χ1n) is 8.42. The van der Waals surface area contributed by atoms with Gasteiger partial charge in [-0.1, -0.05) is 42.5 Å². The number of hydrogen-bond acceptors (Lipinski definition) is 3. The first-order valence-corrected chi connectivity index (χ1v) is 8.42. The third-order valence-electron chi connectivity index (χ3n) is 4.41. The Bertz CT molecular complexity index is 1130. The van der Waals surface area contributed by atoms with Crippen LogP contribution in [0, 0.1) is 0 Å². The van der Waals surface area contributed by atoms with Crippen molar-refractivity contribution in [2.75, 3.05) is 7.11 Å². The van der Waals surface area contributed by atoms with Crippen LogP contribution in [-0.4, -0.2) is 16.7 Å². The number of para-hydroxylation sites is 1. The topological polar surface area (TPSA) is 44.1 Å². The summed E-state index contributed by atoms with van der Waals surface area (Å²) in [5.74, 6) is 0.822. The number of benzene rings is 3. The molecule has 4 rings (SSSR count). The van der Waals surface area contributed by atoms with Gasteiger partial charge in [0.15, 0.2) is 0 Å². The molecule has 1 heterocycles. The maximum absolute atomic E-state index is 12.7. The predicted octanol–water partition coefficient (Wildman–Crippen LogP) is 4.12. The van der Waals surface area contributed by atoms with Gasteiger partial charge in [-0.05, 0) is 47.0 Å². The molecule has 0 amide bonds. The molecule has 4 nitrogen and oxygen atoms in total. The molecular weight excluding hydrogens is 324 g/mol. The Hall–Kier alpha value is -3.40. The predicted molar refractivity (Wildman–Crippen MR) is 104 cm³/mol. The minimum absolute atomic E-state index is 0.0256. The molecule has 0 aliphatic heterocycles. The van der Waals surface area contributed by atoms with Crippen molar-refractivity contribution in [1.82, 2.24) is 9.55 Å². The summed E-state index contributed by atoms with van der Waals surface area (Å²) in [5, 5.41) is 0.638. The van der Waals surface area contributed by atoms with Crippen molar-refractivity contribution in [2.24, 2.45) is 0 Å². The van der Waals surface area contributed by atoms with Crippen molar-refractivity contribution in [1.29, 1.82) is 0 Å². The monoisotopic (exact) mass is 342 g/mol. The largest absolute Gasteiger partial charge is 0.497 e. The second-order valence-corrected chi connectivity index (χ2v) is 6.13. The third kappa shape index (κ3) is 3.09. The van der Waals surface area contributed by atoms with E-state index in [1.54, 1.807) is 18.0 Å². The van der Waals surface area contributed by atoms with Crippen molar-refractivity contribution in [2.45, 2.75) is 6.54 Å². The number of rotatable bonds is 4. The maximum Gasteiger partial charge on any atom is 0.261 e. The Morgan fingerprint density at radius 2 is 1.69 bits per heavy atom. The highest BCUT2D eigenvalue weighted by Gasteiger charge is 2.06. The second-order valence-electron chi connectivity index (χ2n) is 6.13. The SMILES string of the molecule is COc1cccc(-c2cccc(Cn3cnc4ccccc4c3=O)c2)c1. The van der Waals surface area contributed by atoms with Gasteiger partial charge in [0.1, 0.15) is 5.75 Å². The molecule has 0 saturated carbocycles. The van der Waals surface area contributed by atoms with E-state index >= 15 is 0 Å². The van der Waals surface area contributed by atoms with Gasteiger partial charge < -0.3 is 4.74 Å². The number of methoxy groups -OCH3 is 1. The first-order chi connectivity index (χ1) is 12.7. The number of hydrogen-bond donors (Lipinski definition) is 0. The van der Waals surface area contributed by atoms with Gasteiger partial charge in [0.05, 0.1) is 30.9 Å². The minimum atomic E-state index is -0.0256. The fourth-order valence-corrected chi connectivity index (χ4v) is 3.07. The van der Waals surface area contributed by atoms with E-state index in [2.05, 4.69) is 17.1 Å². The first kappa shape index (κ1) is 16.1. The van der Waals surface area contributed by atoms with Gasteiger partial charge in [-0.25, -0.2) is 4.98 Å². The summed E-state index contributed by atoms with van der Waals surface area (Å²) >= 11 is 0. The van der Waals surface area contributed by atoms with Crippen molar-refractivity contribution in [3.63, 3.8) is 0 Å². The Labute approximate surface area is 151 Å². The lowest BCUT2D eigenvalue weighted by Gasteiger charge is -2.09. The van der Waals surface area contributed by atoms with Crippen LogP contribution in [0.25, 0.3) is 22.0 Å². The van der Waals surface area contributed by atoms with Crippen molar-refractivity contribution >= 4 is 10.9 Å². The summed E-state index contributed by atoms with van der Waals surface area (Å²) in [4.78, 5) is 17.1. The standard InChI is InChI=1S/C22H18N2O2/c1-26-19-9-5-8-18(13-19)17-7-4-6-16(12-17)14-24-15-23-21-11-3-2-10-20(21)22(24)25/h2-13,15H,14H2,1H3. The van der Waals surface area contributed by atoms with Crippen LogP contribution in [-0.2, 0) is 6.54 Å². The van der Waals surface area contributed by atoms with Crippen molar-refractivity contribution in [3.05, 3.63) is 95.0 Å². The third-order valence-corrected chi connectivity index (χ3v) is 4.41. The van der Waals surface area contributed by atoms with Crippen molar-refractivity contribution in [3.8, 4) is 16.9 Å². The summed E-state index contributed by atoms with van der Waals surface area (Å²) in [7, 11) is 1.66. The molecule has 1 aromatic heterocycles. The van der Waals surface area contributed by atoms with E-state index in [0.29, 0.717) is 11.9 Å². The van der Waals surface area contributed by atoms with Crippen LogP contribution in [0.2, 0.25) is 0 Å². The second kappa shape index (κ2) is 6.84.